The lowest BCUT2D eigenvalue weighted by molar-refractivity contribution is 0.568. The van der Waals surface area contributed by atoms with Gasteiger partial charge in [0.25, 0.3) is 10.0 Å². The average molecular weight is 298 g/mol. The molecule has 20 heavy (non-hydrogen) atoms. The fraction of sp³-hybridized carbons (Fsp3) is 0.0769. The zero-order valence-corrected chi connectivity index (χ0v) is 11.1. The molecule has 0 aliphatic carbocycles. The second-order valence-electron chi connectivity index (χ2n) is 4.07. The van der Waals surface area contributed by atoms with E-state index in [4.69, 9.17) is 5.73 Å². The van der Waals surface area contributed by atoms with Crippen LogP contribution in [-0.4, -0.2) is 8.42 Å². The lowest BCUT2D eigenvalue weighted by Crippen LogP contribution is -2.15. The SMILES string of the molecule is NCc1ccccc1NS(=O)(=O)c1cc(F)cc(F)c1. The molecule has 2 aromatic rings. The van der Waals surface area contributed by atoms with Crippen LogP contribution in [0.2, 0.25) is 0 Å². The standard InChI is InChI=1S/C13H12F2N2O2S/c14-10-5-11(15)7-12(6-10)20(18,19)17-13-4-2-1-3-9(13)8-16/h1-7,17H,8,16H2. The predicted molar refractivity (Wildman–Crippen MR) is 71.5 cm³/mol. The number of rotatable bonds is 4. The van der Waals surface area contributed by atoms with Gasteiger partial charge in [0.15, 0.2) is 0 Å². The summed E-state index contributed by atoms with van der Waals surface area (Å²) in [6.07, 6.45) is 0. The van der Waals surface area contributed by atoms with Crippen molar-refractivity contribution in [1.29, 1.82) is 0 Å². The summed E-state index contributed by atoms with van der Waals surface area (Å²) in [5, 5.41) is 0. The first-order valence-electron chi connectivity index (χ1n) is 5.69. The number of hydrogen-bond acceptors (Lipinski definition) is 3. The third-order valence-electron chi connectivity index (χ3n) is 2.63. The van der Waals surface area contributed by atoms with Crippen molar-refractivity contribution in [3.05, 3.63) is 59.7 Å². The molecule has 0 heterocycles. The van der Waals surface area contributed by atoms with E-state index in [0.29, 0.717) is 11.6 Å². The van der Waals surface area contributed by atoms with E-state index in [1.54, 1.807) is 18.2 Å². The third-order valence-corrected chi connectivity index (χ3v) is 3.97. The summed E-state index contributed by atoms with van der Waals surface area (Å²) < 4.78 is 52.6. The molecular weight excluding hydrogens is 286 g/mol. The van der Waals surface area contributed by atoms with Crippen LogP contribution in [0.1, 0.15) is 5.56 Å². The third kappa shape index (κ3) is 3.12. The van der Waals surface area contributed by atoms with Gasteiger partial charge in [-0.3, -0.25) is 4.72 Å². The van der Waals surface area contributed by atoms with E-state index in [1.807, 2.05) is 0 Å². The van der Waals surface area contributed by atoms with E-state index in [1.165, 1.54) is 6.07 Å². The van der Waals surface area contributed by atoms with Crippen LogP contribution < -0.4 is 10.5 Å². The van der Waals surface area contributed by atoms with Crippen LogP contribution in [0.25, 0.3) is 0 Å². The highest BCUT2D eigenvalue weighted by Gasteiger charge is 2.17. The number of nitrogens with two attached hydrogens (primary N) is 1. The minimum atomic E-state index is -4.08. The number of benzene rings is 2. The first kappa shape index (κ1) is 14.4. The van der Waals surface area contributed by atoms with Gasteiger partial charge in [-0.15, -0.1) is 0 Å². The van der Waals surface area contributed by atoms with E-state index in [2.05, 4.69) is 4.72 Å². The fourth-order valence-corrected chi connectivity index (χ4v) is 2.83. The molecule has 0 saturated heterocycles. The normalized spacial score (nSPS) is 11.3. The maximum atomic E-state index is 13.1. The predicted octanol–water partition coefficient (Wildman–Crippen LogP) is 2.22. The Labute approximate surface area is 115 Å². The molecule has 0 fully saturated rings. The van der Waals surface area contributed by atoms with E-state index >= 15 is 0 Å². The van der Waals surface area contributed by atoms with Crippen LogP contribution in [0, 0.1) is 11.6 Å². The number of nitrogens with one attached hydrogen (secondary N) is 1. The number of para-hydroxylation sites is 1. The van der Waals surface area contributed by atoms with Gasteiger partial charge >= 0.3 is 0 Å². The number of anilines is 1. The highest BCUT2D eigenvalue weighted by molar-refractivity contribution is 7.92. The topological polar surface area (TPSA) is 72.2 Å². The van der Waals surface area contributed by atoms with Crippen molar-refractivity contribution in [2.75, 3.05) is 4.72 Å². The first-order chi connectivity index (χ1) is 9.42. The lowest BCUT2D eigenvalue weighted by atomic mass is 10.2. The molecule has 4 nitrogen and oxygen atoms in total. The molecule has 0 aliphatic heterocycles. The maximum Gasteiger partial charge on any atom is 0.262 e. The largest absolute Gasteiger partial charge is 0.326 e. The highest BCUT2D eigenvalue weighted by Crippen LogP contribution is 2.21. The van der Waals surface area contributed by atoms with Crippen LogP contribution in [0.5, 0.6) is 0 Å². The number of sulfonamides is 1. The monoisotopic (exact) mass is 298 g/mol. The molecule has 0 aromatic heterocycles. The summed E-state index contributed by atoms with van der Waals surface area (Å²) in [5.74, 6) is -1.92. The molecule has 0 saturated carbocycles. The van der Waals surface area contributed by atoms with E-state index < -0.39 is 26.6 Å². The molecule has 0 radical (unpaired) electrons. The molecule has 2 rings (SSSR count). The van der Waals surface area contributed by atoms with Gasteiger partial charge in [-0.05, 0) is 23.8 Å². The summed E-state index contributed by atoms with van der Waals surface area (Å²) >= 11 is 0. The Kier molecular flexibility index (Phi) is 4.01. The van der Waals surface area contributed by atoms with Crippen molar-refractivity contribution in [2.24, 2.45) is 5.73 Å². The average Bonchev–Trinajstić information content (AvgIpc) is 2.38. The molecule has 3 N–H and O–H groups in total. The molecule has 2 aromatic carbocycles. The minimum absolute atomic E-state index is 0.135. The number of halogens is 2. The maximum absolute atomic E-state index is 13.1. The van der Waals surface area contributed by atoms with E-state index in [0.717, 1.165) is 12.1 Å². The molecule has 106 valence electrons. The second kappa shape index (κ2) is 5.56. The Morgan fingerprint density at radius 3 is 2.25 bits per heavy atom. The van der Waals surface area contributed by atoms with Crippen molar-refractivity contribution >= 4 is 15.7 Å². The summed E-state index contributed by atoms with van der Waals surface area (Å²) in [6.45, 7) is 0.135. The molecular formula is C13H12F2N2O2S. The lowest BCUT2D eigenvalue weighted by Gasteiger charge is -2.11. The van der Waals surface area contributed by atoms with Crippen molar-refractivity contribution in [3.63, 3.8) is 0 Å². The van der Waals surface area contributed by atoms with Gasteiger partial charge in [-0.1, -0.05) is 18.2 Å². The minimum Gasteiger partial charge on any atom is -0.326 e. The molecule has 0 amide bonds. The van der Waals surface area contributed by atoms with Gasteiger partial charge in [-0.25, -0.2) is 17.2 Å². The Morgan fingerprint density at radius 2 is 1.65 bits per heavy atom. The molecule has 0 unspecified atom stereocenters. The molecule has 7 heteroatoms. The fourth-order valence-electron chi connectivity index (χ4n) is 1.69. The van der Waals surface area contributed by atoms with Gasteiger partial charge in [0.1, 0.15) is 11.6 Å². The van der Waals surface area contributed by atoms with Gasteiger partial charge in [0.2, 0.25) is 0 Å². The van der Waals surface area contributed by atoms with Crippen molar-refractivity contribution in [2.45, 2.75) is 11.4 Å². The van der Waals surface area contributed by atoms with Crippen LogP contribution >= 0.6 is 0 Å². The first-order valence-corrected chi connectivity index (χ1v) is 7.17. The van der Waals surface area contributed by atoms with Gasteiger partial charge in [-0.2, -0.15) is 0 Å². The Hall–Kier alpha value is -1.99. The Bertz CT molecular complexity index is 713. The van der Waals surface area contributed by atoms with Crippen LogP contribution in [0.15, 0.2) is 47.4 Å². The smallest absolute Gasteiger partial charge is 0.262 e. The quantitative estimate of drug-likeness (QED) is 0.909. The summed E-state index contributed by atoms with van der Waals surface area (Å²) in [7, 11) is -4.08. The van der Waals surface area contributed by atoms with E-state index in [9.17, 15) is 17.2 Å². The van der Waals surface area contributed by atoms with Gasteiger partial charge < -0.3 is 5.73 Å². The van der Waals surface area contributed by atoms with Crippen molar-refractivity contribution < 1.29 is 17.2 Å². The second-order valence-corrected chi connectivity index (χ2v) is 5.75. The van der Waals surface area contributed by atoms with Gasteiger partial charge in [0, 0.05) is 12.6 Å². The Morgan fingerprint density at radius 1 is 1.05 bits per heavy atom. The summed E-state index contributed by atoms with van der Waals surface area (Å²) in [5.41, 5.74) is 6.36. The Balaban J connectivity index is 2.41. The highest BCUT2D eigenvalue weighted by atomic mass is 32.2. The van der Waals surface area contributed by atoms with Crippen molar-refractivity contribution in [1.82, 2.24) is 0 Å². The molecule has 0 bridgehead atoms. The van der Waals surface area contributed by atoms with Gasteiger partial charge in [0.05, 0.1) is 10.6 Å². The zero-order valence-electron chi connectivity index (χ0n) is 10.3. The van der Waals surface area contributed by atoms with Crippen molar-refractivity contribution in [3.8, 4) is 0 Å². The molecule has 0 spiro atoms. The summed E-state index contributed by atoms with van der Waals surface area (Å²) in [6, 6.07) is 8.62. The van der Waals surface area contributed by atoms with Crippen LogP contribution in [0.3, 0.4) is 0 Å². The molecule has 0 atom stereocenters. The zero-order chi connectivity index (χ0) is 14.8. The van der Waals surface area contributed by atoms with Crippen LogP contribution in [0.4, 0.5) is 14.5 Å². The van der Waals surface area contributed by atoms with E-state index in [-0.39, 0.29) is 12.2 Å². The van der Waals surface area contributed by atoms with Crippen LogP contribution in [-0.2, 0) is 16.6 Å². The molecule has 0 aliphatic rings. The summed E-state index contributed by atoms with van der Waals surface area (Å²) in [4.78, 5) is -0.484. The number of hydrogen-bond donors (Lipinski definition) is 2.